The van der Waals surface area contributed by atoms with Gasteiger partial charge < -0.3 is 15.5 Å². The fraction of sp³-hybridized carbons (Fsp3) is 0.450. The van der Waals surface area contributed by atoms with Crippen molar-refractivity contribution >= 4 is 17.5 Å². The molecule has 1 saturated heterocycles. The lowest BCUT2D eigenvalue weighted by molar-refractivity contribution is -0.137. The van der Waals surface area contributed by atoms with E-state index in [1.165, 1.54) is 18.6 Å². The van der Waals surface area contributed by atoms with Gasteiger partial charge in [-0.15, -0.1) is 0 Å². The van der Waals surface area contributed by atoms with Crippen LogP contribution in [0, 0.1) is 6.92 Å². The van der Waals surface area contributed by atoms with E-state index in [0.29, 0.717) is 18.2 Å². The Morgan fingerprint density at radius 2 is 1.86 bits per heavy atom. The van der Waals surface area contributed by atoms with E-state index < -0.39 is 17.6 Å². The molecule has 1 aromatic carbocycles. The maximum atomic E-state index is 12.8. The lowest BCUT2D eigenvalue weighted by Crippen LogP contribution is -2.31. The number of hydrogen-bond acceptors (Lipinski definition) is 5. The highest BCUT2D eigenvalue weighted by atomic mass is 19.4. The molecule has 0 saturated carbocycles. The van der Waals surface area contributed by atoms with Crippen molar-refractivity contribution in [3.05, 3.63) is 47.3 Å². The topological polar surface area (TPSA) is 70.2 Å². The van der Waals surface area contributed by atoms with Crippen molar-refractivity contribution in [1.29, 1.82) is 0 Å². The molecule has 1 aromatic heterocycles. The van der Waals surface area contributed by atoms with Crippen molar-refractivity contribution in [2.75, 3.05) is 36.4 Å². The van der Waals surface area contributed by atoms with Crippen molar-refractivity contribution < 1.29 is 18.0 Å². The highest BCUT2D eigenvalue weighted by molar-refractivity contribution is 5.94. The first-order valence-corrected chi connectivity index (χ1v) is 9.63. The molecule has 0 spiro atoms. The van der Waals surface area contributed by atoms with Gasteiger partial charge in [-0.3, -0.25) is 4.79 Å². The van der Waals surface area contributed by atoms with Crippen molar-refractivity contribution in [3.8, 4) is 0 Å². The zero-order valence-corrected chi connectivity index (χ0v) is 16.2. The molecule has 2 heterocycles. The Hall–Kier alpha value is -2.84. The molecule has 1 aliphatic heterocycles. The lowest BCUT2D eigenvalue weighted by Gasteiger charge is -2.28. The fourth-order valence-electron chi connectivity index (χ4n) is 3.23. The molecule has 1 aliphatic rings. The van der Waals surface area contributed by atoms with E-state index in [4.69, 9.17) is 0 Å². The number of rotatable bonds is 6. The third-order valence-electron chi connectivity index (χ3n) is 4.67. The first kappa shape index (κ1) is 20.9. The Labute approximate surface area is 167 Å². The average Bonchev–Trinajstić information content (AvgIpc) is 2.71. The number of aromatic nitrogens is 2. The number of amides is 1. The molecule has 2 N–H and O–H groups in total. The van der Waals surface area contributed by atoms with Crippen LogP contribution in [0.1, 0.15) is 41.0 Å². The van der Waals surface area contributed by atoms with E-state index in [1.807, 2.05) is 13.0 Å². The van der Waals surface area contributed by atoms with Gasteiger partial charge in [-0.1, -0.05) is 6.07 Å². The number of nitrogens with zero attached hydrogens (tertiary/aromatic N) is 3. The molecule has 6 nitrogen and oxygen atoms in total. The van der Waals surface area contributed by atoms with Crippen molar-refractivity contribution in [3.63, 3.8) is 0 Å². The van der Waals surface area contributed by atoms with Crippen LogP contribution < -0.4 is 15.5 Å². The first-order valence-electron chi connectivity index (χ1n) is 9.63. The van der Waals surface area contributed by atoms with E-state index >= 15 is 0 Å². The van der Waals surface area contributed by atoms with Gasteiger partial charge in [-0.05, 0) is 44.4 Å². The van der Waals surface area contributed by atoms with Crippen LogP contribution in [0.15, 0.2) is 30.3 Å². The molecule has 0 atom stereocenters. The van der Waals surface area contributed by atoms with Gasteiger partial charge in [0.1, 0.15) is 17.5 Å². The van der Waals surface area contributed by atoms with E-state index in [9.17, 15) is 18.0 Å². The van der Waals surface area contributed by atoms with Gasteiger partial charge in [-0.2, -0.15) is 13.2 Å². The third-order valence-corrected chi connectivity index (χ3v) is 4.67. The van der Waals surface area contributed by atoms with Crippen LogP contribution in [0.5, 0.6) is 0 Å². The van der Waals surface area contributed by atoms with Crippen molar-refractivity contribution in [2.24, 2.45) is 0 Å². The molecule has 0 bridgehead atoms. The molecular weight excluding hydrogens is 383 g/mol. The fourth-order valence-corrected chi connectivity index (χ4v) is 3.23. The molecule has 3 rings (SSSR count). The molecule has 9 heteroatoms. The first-order chi connectivity index (χ1) is 13.8. The number of benzene rings is 1. The maximum Gasteiger partial charge on any atom is 0.416 e. The second-order valence-corrected chi connectivity index (χ2v) is 6.97. The van der Waals surface area contributed by atoms with E-state index in [1.54, 1.807) is 0 Å². The van der Waals surface area contributed by atoms with Gasteiger partial charge >= 0.3 is 6.18 Å². The van der Waals surface area contributed by atoms with E-state index in [2.05, 4.69) is 25.5 Å². The molecule has 2 aromatic rings. The molecule has 1 fully saturated rings. The smallest absolute Gasteiger partial charge is 0.368 e. The highest BCUT2D eigenvalue weighted by Gasteiger charge is 2.30. The minimum Gasteiger partial charge on any atom is -0.368 e. The van der Waals surface area contributed by atoms with Crippen LogP contribution in [0.3, 0.4) is 0 Å². The van der Waals surface area contributed by atoms with Crippen LogP contribution in [0.4, 0.5) is 24.8 Å². The Balaban J connectivity index is 1.53. The summed E-state index contributed by atoms with van der Waals surface area (Å²) < 4.78 is 38.3. The molecule has 0 unspecified atom stereocenters. The van der Waals surface area contributed by atoms with Crippen LogP contribution in [0.2, 0.25) is 0 Å². The monoisotopic (exact) mass is 407 g/mol. The van der Waals surface area contributed by atoms with Gasteiger partial charge in [0.15, 0.2) is 0 Å². The zero-order chi connectivity index (χ0) is 20.9. The molecule has 156 valence electrons. The Morgan fingerprint density at radius 3 is 2.59 bits per heavy atom. The largest absolute Gasteiger partial charge is 0.416 e. The minimum absolute atomic E-state index is 0.0231. The van der Waals surface area contributed by atoms with Crippen LogP contribution in [-0.2, 0) is 6.18 Å². The Morgan fingerprint density at radius 1 is 1.10 bits per heavy atom. The number of carbonyl (C=O) groups excluding carboxylic acids is 1. The summed E-state index contributed by atoms with van der Waals surface area (Å²) in [6, 6.07) is 6.25. The molecular formula is C20H24F3N5O. The molecule has 29 heavy (non-hydrogen) atoms. The van der Waals surface area contributed by atoms with Gasteiger partial charge in [0, 0.05) is 37.8 Å². The number of nitrogens with one attached hydrogen (secondary N) is 2. The predicted molar refractivity (Wildman–Crippen MR) is 105 cm³/mol. The van der Waals surface area contributed by atoms with Gasteiger partial charge in [-0.25, -0.2) is 9.97 Å². The van der Waals surface area contributed by atoms with E-state index in [-0.39, 0.29) is 12.1 Å². The SMILES string of the molecule is Cc1nc(NCCNC(=O)c2cccc(C(F)(F)F)c2)cc(N2CCCCC2)n1. The highest BCUT2D eigenvalue weighted by Crippen LogP contribution is 2.29. The summed E-state index contributed by atoms with van der Waals surface area (Å²) in [5.41, 5.74) is -0.866. The van der Waals surface area contributed by atoms with Crippen LogP contribution >= 0.6 is 0 Å². The Bertz CT molecular complexity index is 850. The zero-order valence-electron chi connectivity index (χ0n) is 16.2. The quantitative estimate of drug-likeness (QED) is 0.716. The summed E-state index contributed by atoms with van der Waals surface area (Å²) in [4.78, 5) is 23.2. The molecule has 0 radical (unpaired) electrons. The van der Waals surface area contributed by atoms with Gasteiger partial charge in [0.05, 0.1) is 5.56 Å². The van der Waals surface area contributed by atoms with Crippen molar-refractivity contribution in [1.82, 2.24) is 15.3 Å². The summed E-state index contributed by atoms with van der Waals surface area (Å²) in [5, 5.41) is 5.75. The number of aryl methyl sites for hydroxylation is 1. The second-order valence-electron chi connectivity index (χ2n) is 6.97. The Kier molecular flexibility index (Phi) is 6.56. The normalized spacial score (nSPS) is 14.6. The summed E-state index contributed by atoms with van der Waals surface area (Å²) >= 11 is 0. The molecule has 1 amide bonds. The standard InChI is InChI=1S/C20H24F3N5O/c1-14-26-17(13-18(27-14)28-10-3-2-4-11-28)24-8-9-25-19(29)15-6-5-7-16(12-15)20(21,22)23/h5-7,12-13H,2-4,8-11H2,1H3,(H,25,29)(H,24,26,27). The van der Waals surface area contributed by atoms with Gasteiger partial charge in [0.2, 0.25) is 0 Å². The van der Waals surface area contributed by atoms with Crippen LogP contribution in [0.25, 0.3) is 0 Å². The number of alkyl halides is 3. The third kappa shape index (κ3) is 5.82. The summed E-state index contributed by atoms with van der Waals surface area (Å²) in [7, 11) is 0. The second kappa shape index (κ2) is 9.11. The number of piperidine rings is 1. The number of halogens is 3. The summed E-state index contributed by atoms with van der Waals surface area (Å²) in [6.45, 7) is 4.41. The number of hydrogen-bond donors (Lipinski definition) is 2. The van der Waals surface area contributed by atoms with E-state index in [0.717, 1.165) is 43.9 Å². The predicted octanol–water partition coefficient (Wildman–Crippen LogP) is 3.64. The number of anilines is 2. The average molecular weight is 407 g/mol. The minimum atomic E-state index is -4.48. The summed E-state index contributed by atoms with van der Waals surface area (Å²) in [6.07, 6.45) is -0.952. The maximum absolute atomic E-state index is 12.8. The van der Waals surface area contributed by atoms with Crippen LogP contribution in [-0.4, -0.2) is 42.1 Å². The lowest BCUT2D eigenvalue weighted by atomic mass is 10.1. The van der Waals surface area contributed by atoms with Gasteiger partial charge in [0.25, 0.3) is 5.91 Å². The molecule has 0 aliphatic carbocycles. The number of carbonyl (C=O) groups is 1. The summed E-state index contributed by atoms with van der Waals surface area (Å²) in [5.74, 6) is 1.65. The van der Waals surface area contributed by atoms with Crippen molar-refractivity contribution in [2.45, 2.75) is 32.4 Å².